The van der Waals surface area contributed by atoms with Gasteiger partial charge in [-0.3, -0.25) is 0 Å². The first kappa shape index (κ1) is 15.0. The summed E-state index contributed by atoms with van der Waals surface area (Å²) in [6.45, 7) is 0. The third-order valence-electron chi connectivity index (χ3n) is 2.19. The number of carboxylic acids is 1. The smallest absolute Gasteiger partial charge is 0.328 e. The minimum atomic E-state index is -4.03. The van der Waals surface area contributed by atoms with Crippen molar-refractivity contribution in [1.82, 2.24) is 0 Å². The molecule has 0 heterocycles. The van der Waals surface area contributed by atoms with Crippen molar-refractivity contribution >= 4 is 22.1 Å². The van der Waals surface area contributed by atoms with Crippen LogP contribution in [0, 0.1) is 0 Å². The number of hydrogen-bond acceptors (Lipinski definition) is 5. The van der Waals surface area contributed by atoms with E-state index in [4.69, 9.17) is 19.7 Å². The monoisotopic (exact) mass is 287 g/mol. The van der Waals surface area contributed by atoms with Crippen LogP contribution in [0.1, 0.15) is 5.56 Å². The summed E-state index contributed by atoms with van der Waals surface area (Å²) in [5.74, 6) is -1.05. The molecule has 0 aliphatic carbocycles. The Morgan fingerprint density at radius 2 is 1.95 bits per heavy atom. The molecule has 0 unspecified atom stereocenters. The summed E-state index contributed by atoms with van der Waals surface area (Å²) in [7, 11) is -1.42. The molecule has 0 aliphatic rings. The molecule has 0 saturated heterocycles. The molecule has 3 N–H and O–H groups in total. The number of ether oxygens (including phenoxy) is 2. The summed E-state index contributed by atoms with van der Waals surface area (Å²) in [5, 5.41) is 13.6. The predicted octanol–water partition coefficient (Wildman–Crippen LogP) is 0.449. The molecular weight excluding hydrogens is 274 g/mol. The molecular formula is C11H13NO6S. The second-order valence-corrected chi connectivity index (χ2v) is 5.00. The molecule has 1 aromatic carbocycles. The van der Waals surface area contributed by atoms with Gasteiger partial charge in [0.25, 0.3) is 0 Å². The van der Waals surface area contributed by atoms with E-state index < -0.39 is 16.0 Å². The van der Waals surface area contributed by atoms with Gasteiger partial charge in [0.05, 0.1) is 14.2 Å². The summed E-state index contributed by atoms with van der Waals surface area (Å²) in [5.41, 5.74) is 0.309. The third kappa shape index (κ3) is 3.70. The van der Waals surface area contributed by atoms with Gasteiger partial charge in [0.15, 0.2) is 11.5 Å². The number of primary sulfonamides is 1. The number of hydrogen-bond donors (Lipinski definition) is 2. The van der Waals surface area contributed by atoms with Crippen LogP contribution in [0.3, 0.4) is 0 Å². The minimum absolute atomic E-state index is 0.0301. The van der Waals surface area contributed by atoms with E-state index in [0.717, 1.165) is 6.08 Å². The van der Waals surface area contributed by atoms with Gasteiger partial charge in [0.2, 0.25) is 10.0 Å². The minimum Gasteiger partial charge on any atom is -0.493 e. The van der Waals surface area contributed by atoms with E-state index in [0.29, 0.717) is 5.56 Å². The van der Waals surface area contributed by atoms with Crippen LogP contribution in [-0.4, -0.2) is 33.7 Å². The maximum Gasteiger partial charge on any atom is 0.328 e. The Morgan fingerprint density at radius 3 is 2.37 bits per heavy atom. The molecule has 0 atom stereocenters. The van der Waals surface area contributed by atoms with Crippen molar-refractivity contribution in [1.29, 1.82) is 0 Å². The number of nitrogens with two attached hydrogens (primary N) is 1. The van der Waals surface area contributed by atoms with Gasteiger partial charge in [0, 0.05) is 6.08 Å². The van der Waals surface area contributed by atoms with E-state index in [1.165, 1.54) is 32.4 Å². The van der Waals surface area contributed by atoms with Gasteiger partial charge in [0.1, 0.15) is 4.90 Å². The van der Waals surface area contributed by atoms with Crippen LogP contribution < -0.4 is 14.6 Å². The Hall–Kier alpha value is -2.06. The van der Waals surface area contributed by atoms with Gasteiger partial charge >= 0.3 is 5.97 Å². The number of aliphatic carboxylic acids is 1. The molecule has 0 bridgehead atoms. The van der Waals surface area contributed by atoms with Crippen LogP contribution in [0.25, 0.3) is 6.08 Å². The first-order chi connectivity index (χ1) is 8.79. The molecule has 0 amide bonds. The van der Waals surface area contributed by atoms with Crippen molar-refractivity contribution in [3.8, 4) is 11.5 Å². The van der Waals surface area contributed by atoms with Gasteiger partial charge in [-0.25, -0.2) is 18.4 Å². The second-order valence-electron chi connectivity index (χ2n) is 3.47. The fourth-order valence-electron chi connectivity index (χ4n) is 1.42. The molecule has 0 saturated carbocycles. The highest BCUT2D eigenvalue weighted by molar-refractivity contribution is 7.89. The fraction of sp³-hybridized carbons (Fsp3) is 0.182. The summed E-state index contributed by atoms with van der Waals surface area (Å²) in [6, 6.07) is 2.64. The molecule has 1 aromatic rings. The van der Waals surface area contributed by atoms with E-state index in [1.54, 1.807) is 0 Å². The topological polar surface area (TPSA) is 116 Å². The summed E-state index contributed by atoms with van der Waals surface area (Å²) >= 11 is 0. The Kier molecular flexibility index (Phi) is 4.52. The highest BCUT2D eigenvalue weighted by Crippen LogP contribution is 2.35. The fourth-order valence-corrected chi connectivity index (χ4v) is 2.17. The molecule has 7 nitrogen and oxygen atoms in total. The average molecular weight is 287 g/mol. The molecule has 19 heavy (non-hydrogen) atoms. The lowest BCUT2D eigenvalue weighted by Crippen LogP contribution is -2.14. The number of rotatable bonds is 5. The van der Waals surface area contributed by atoms with Crippen molar-refractivity contribution < 1.29 is 27.8 Å². The van der Waals surface area contributed by atoms with Gasteiger partial charge in [-0.15, -0.1) is 0 Å². The zero-order chi connectivity index (χ0) is 14.6. The van der Waals surface area contributed by atoms with Crippen molar-refractivity contribution in [2.24, 2.45) is 5.14 Å². The average Bonchev–Trinajstić information content (AvgIpc) is 2.33. The number of carbonyl (C=O) groups is 1. The van der Waals surface area contributed by atoms with E-state index in [2.05, 4.69) is 0 Å². The summed E-state index contributed by atoms with van der Waals surface area (Å²) < 4.78 is 32.9. The zero-order valence-electron chi connectivity index (χ0n) is 10.3. The zero-order valence-corrected chi connectivity index (χ0v) is 11.1. The van der Waals surface area contributed by atoms with Crippen LogP contribution >= 0.6 is 0 Å². The third-order valence-corrected chi connectivity index (χ3v) is 3.11. The lowest BCUT2D eigenvalue weighted by molar-refractivity contribution is -0.131. The first-order valence-corrected chi connectivity index (χ1v) is 6.54. The van der Waals surface area contributed by atoms with Crippen LogP contribution in [-0.2, 0) is 14.8 Å². The van der Waals surface area contributed by atoms with Gasteiger partial charge in [-0.1, -0.05) is 0 Å². The predicted molar refractivity (Wildman–Crippen MR) is 67.6 cm³/mol. The molecule has 1 rings (SSSR count). The van der Waals surface area contributed by atoms with Gasteiger partial charge in [-0.05, 0) is 23.8 Å². The Balaban J connectivity index is 3.52. The van der Waals surface area contributed by atoms with Crippen LogP contribution in [0.5, 0.6) is 11.5 Å². The Labute approximate surface area is 110 Å². The van der Waals surface area contributed by atoms with Crippen LogP contribution in [0.4, 0.5) is 0 Å². The van der Waals surface area contributed by atoms with E-state index >= 15 is 0 Å². The maximum atomic E-state index is 11.5. The van der Waals surface area contributed by atoms with Crippen molar-refractivity contribution in [2.75, 3.05) is 14.2 Å². The van der Waals surface area contributed by atoms with Gasteiger partial charge < -0.3 is 14.6 Å². The molecule has 0 aliphatic heterocycles. The highest BCUT2D eigenvalue weighted by Gasteiger charge is 2.20. The lowest BCUT2D eigenvalue weighted by atomic mass is 10.2. The maximum absolute atomic E-state index is 11.5. The standard InChI is InChI=1S/C11H13NO6S/c1-17-8-5-7(3-4-10(13)14)6-9(11(8)18-2)19(12,15)16/h3-6H,1-2H3,(H,13,14)(H2,12,15,16)/b4-3+. The van der Waals surface area contributed by atoms with E-state index in [9.17, 15) is 13.2 Å². The van der Waals surface area contributed by atoms with Crippen LogP contribution in [0.15, 0.2) is 23.1 Å². The number of benzene rings is 1. The first-order valence-electron chi connectivity index (χ1n) is 4.99. The van der Waals surface area contributed by atoms with Crippen molar-refractivity contribution in [3.05, 3.63) is 23.8 Å². The number of sulfonamides is 1. The molecule has 104 valence electrons. The van der Waals surface area contributed by atoms with Gasteiger partial charge in [-0.2, -0.15) is 0 Å². The van der Waals surface area contributed by atoms with Crippen LogP contribution in [0.2, 0.25) is 0 Å². The Morgan fingerprint density at radius 1 is 1.32 bits per heavy atom. The molecule has 0 spiro atoms. The summed E-state index contributed by atoms with van der Waals surface area (Å²) in [4.78, 5) is 10.2. The molecule has 0 fully saturated rings. The number of carboxylic acid groups (broad SMARTS) is 1. The van der Waals surface area contributed by atoms with E-state index in [1.807, 2.05) is 0 Å². The molecule has 0 aromatic heterocycles. The normalized spacial score (nSPS) is 11.5. The van der Waals surface area contributed by atoms with Crippen molar-refractivity contribution in [2.45, 2.75) is 4.90 Å². The number of methoxy groups -OCH3 is 2. The summed E-state index contributed by atoms with van der Waals surface area (Å²) in [6.07, 6.45) is 2.09. The molecule has 0 radical (unpaired) electrons. The largest absolute Gasteiger partial charge is 0.493 e. The second kappa shape index (κ2) is 5.72. The molecule has 8 heteroatoms. The van der Waals surface area contributed by atoms with Crippen molar-refractivity contribution in [3.63, 3.8) is 0 Å². The lowest BCUT2D eigenvalue weighted by Gasteiger charge is -2.12. The Bertz CT molecular complexity index is 620. The van der Waals surface area contributed by atoms with E-state index in [-0.39, 0.29) is 16.4 Å². The SMILES string of the molecule is COc1cc(/C=C/C(=O)O)cc(S(N)(=O)=O)c1OC. The quantitative estimate of drug-likeness (QED) is 0.759. The highest BCUT2D eigenvalue weighted by atomic mass is 32.2.